The number of hydrogen-bond acceptors (Lipinski definition) is 2. The quantitative estimate of drug-likeness (QED) is 0.879. The van der Waals surface area contributed by atoms with Crippen LogP contribution >= 0.6 is 11.3 Å². The van der Waals surface area contributed by atoms with Crippen LogP contribution in [0.4, 0.5) is 4.79 Å². The van der Waals surface area contributed by atoms with Gasteiger partial charge in [-0.3, -0.25) is 0 Å². The Morgan fingerprint density at radius 1 is 1.47 bits per heavy atom. The number of amides is 2. The number of thiophene rings is 1. The van der Waals surface area contributed by atoms with Crippen molar-refractivity contribution >= 4 is 17.4 Å². The molecule has 1 unspecified atom stereocenters. The van der Waals surface area contributed by atoms with Crippen LogP contribution in [0, 0.1) is 12.8 Å². The summed E-state index contributed by atoms with van der Waals surface area (Å²) in [4.78, 5) is 14.9. The van der Waals surface area contributed by atoms with Crippen molar-refractivity contribution < 1.29 is 4.79 Å². The molecule has 1 N–H and O–H groups in total. The average molecular weight is 254 g/mol. The zero-order chi connectivity index (χ0) is 13.0. The molecule has 0 aromatic carbocycles. The van der Waals surface area contributed by atoms with Gasteiger partial charge in [-0.2, -0.15) is 0 Å². The fraction of sp³-hybridized carbons (Fsp3) is 0.615. The molecular formula is C13H22N2OS. The summed E-state index contributed by atoms with van der Waals surface area (Å²) in [5.41, 5.74) is 1.26. The third-order valence-electron chi connectivity index (χ3n) is 3.05. The average Bonchev–Trinajstić information content (AvgIpc) is 2.64. The fourth-order valence-electron chi connectivity index (χ4n) is 1.32. The molecule has 0 saturated heterocycles. The monoisotopic (exact) mass is 254 g/mol. The van der Waals surface area contributed by atoms with Crippen LogP contribution in [0.2, 0.25) is 0 Å². The maximum atomic E-state index is 11.9. The van der Waals surface area contributed by atoms with Crippen molar-refractivity contribution in [2.24, 2.45) is 5.92 Å². The topological polar surface area (TPSA) is 32.3 Å². The van der Waals surface area contributed by atoms with E-state index in [9.17, 15) is 4.79 Å². The van der Waals surface area contributed by atoms with Crippen molar-refractivity contribution in [1.82, 2.24) is 10.2 Å². The lowest BCUT2D eigenvalue weighted by molar-refractivity contribution is 0.200. The number of carbonyl (C=O) groups is 1. The zero-order valence-electron chi connectivity index (χ0n) is 11.3. The summed E-state index contributed by atoms with van der Waals surface area (Å²) in [6.07, 6.45) is 0. The van der Waals surface area contributed by atoms with E-state index in [0.29, 0.717) is 12.5 Å². The minimum atomic E-state index is -0.000926. The lowest BCUT2D eigenvalue weighted by atomic mass is 10.1. The summed E-state index contributed by atoms with van der Waals surface area (Å²) in [7, 11) is 1.83. The van der Waals surface area contributed by atoms with Gasteiger partial charge < -0.3 is 10.2 Å². The van der Waals surface area contributed by atoms with Gasteiger partial charge in [-0.25, -0.2) is 4.79 Å². The molecule has 1 rings (SSSR count). The maximum absolute atomic E-state index is 11.9. The highest BCUT2D eigenvalue weighted by atomic mass is 32.1. The van der Waals surface area contributed by atoms with Crippen LogP contribution in [0.15, 0.2) is 11.4 Å². The van der Waals surface area contributed by atoms with Gasteiger partial charge in [0.15, 0.2) is 0 Å². The molecule has 1 aromatic heterocycles. The van der Waals surface area contributed by atoms with Crippen LogP contribution < -0.4 is 5.32 Å². The van der Waals surface area contributed by atoms with Crippen molar-refractivity contribution in [3.05, 3.63) is 21.9 Å². The largest absolute Gasteiger partial charge is 0.335 e. The lowest BCUT2D eigenvalue weighted by Crippen LogP contribution is -2.43. The van der Waals surface area contributed by atoms with E-state index in [2.05, 4.69) is 37.5 Å². The summed E-state index contributed by atoms with van der Waals surface area (Å²) >= 11 is 1.70. The van der Waals surface area contributed by atoms with Gasteiger partial charge in [0.25, 0.3) is 0 Å². The summed E-state index contributed by atoms with van der Waals surface area (Å²) in [5.74, 6) is 0.454. The van der Waals surface area contributed by atoms with E-state index < -0.39 is 0 Å². The van der Waals surface area contributed by atoms with E-state index in [4.69, 9.17) is 0 Å². The lowest BCUT2D eigenvalue weighted by Gasteiger charge is -2.23. The molecule has 96 valence electrons. The first-order valence-electron chi connectivity index (χ1n) is 5.96. The fourth-order valence-corrected chi connectivity index (χ4v) is 2.28. The van der Waals surface area contributed by atoms with E-state index in [-0.39, 0.29) is 12.1 Å². The van der Waals surface area contributed by atoms with Crippen LogP contribution in [0.3, 0.4) is 0 Å². The first kappa shape index (κ1) is 14.0. The molecular weight excluding hydrogens is 232 g/mol. The number of nitrogens with one attached hydrogen (secondary N) is 1. The minimum absolute atomic E-state index is 0.000926. The third-order valence-corrected chi connectivity index (χ3v) is 4.05. The van der Waals surface area contributed by atoms with Gasteiger partial charge in [0.05, 0.1) is 6.54 Å². The van der Waals surface area contributed by atoms with Gasteiger partial charge in [-0.15, -0.1) is 11.3 Å². The highest BCUT2D eigenvalue weighted by Crippen LogP contribution is 2.17. The molecule has 0 bridgehead atoms. The Kier molecular flexibility index (Phi) is 5.00. The van der Waals surface area contributed by atoms with Gasteiger partial charge in [-0.1, -0.05) is 13.8 Å². The number of aryl methyl sites for hydroxylation is 1. The highest BCUT2D eigenvalue weighted by molar-refractivity contribution is 7.10. The molecule has 17 heavy (non-hydrogen) atoms. The number of rotatable bonds is 4. The summed E-state index contributed by atoms with van der Waals surface area (Å²) in [6.45, 7) is 9.00. The molecule has 1 atom stereocenters. The Hall–Kier alpha value is -1.03. The van der Waals surface area contributed by atoms with E-state index in [1.165, 1.54) is 10.4 Å². The van der Waals surface area contributed by atoms with Gasteiger partial charge in [0.1, 0.15) is 0 Å². The zero-order valence-corrected chi connectivity index (χ0v) is 12.1. The second-order valence-electron chi connectivity index (χ2n) is 4.87. The first-order chi connectivity index (χ1) is 7.91. The third kappa shape index (κ3) is 4.04. The highest BCUT2D eigenvalue weighted by Gasteiger charge is 2.15. The summed E-state index contributed by atoms with van der Waals surface area (Å²) in [6, 6.07) is 2.29. The standard InChI is InChI=1S/C13H22N2OS/c1-9(2)11(4)14-13(16)15(5)8-12-10(3)6-7-17-12/h6-7,9,11H,8H2,1-5H3,(H,14,16). The molecule has 0 aliphatic heterocycles. The van der Waals surface area contributed by atoms with E-state index >= 15 is 0 Å². The summed E-state index contributed by atoms with van der Waals surface area (Å²) < 4.78 is 0. The van der Waals surface area contributed by atoms with Crippen LogP contribution in [-0.4, -0.2) is 24.0 Å². The smallest absolute Gasteiger partial charge is 0.317 e. The van der Waals surface area contributed by atoms with Gasteiger partial charge in [0, 0.05) is 18.0 Å². The SMILES string of the molecule is Cc1ccsc1CN(C)C(=O)NC(C)C(C)C. The van der Waals surface area contributed by atoms with Gasteiger partial charge >= 0.3 is 6.03 Å². The van der Waals surface area contributed by atoms with Gasteiger partial charge in [0.2, 0.25) is 0 Å². The van der Waals surface area contributed by atoms with E-state index in [0.717, 1.165) is 0 Å². The van der Waals surface area contributed by atoms with Crippen molar-refractivity contribution in [3.63, 3.8) is 0 Å². The van der Waals surface area contributed by atoms with Crippen molar-refractivity contribution in [2.45, 2.75) is 40.3 Å². The Morgan fingerprint density at radius 2 is 2.12 bits per heavy atom. The number of nitrogens with zero attached hydrogens (tertiary/aromatic N) is 1. The predicted octanol–water partition coefficient (Wildman–Crippen LogP) is 3.24. The van der Waals surface area contributed by atoms with Gasteiger partial charge in [-0.05, 0) is 36.8 Å². The molecule has 4 heteroatoms. The molecule has 3 nitrogen and oxygen atoms in total. The molecule has 1 heterocycles. The Bertz CT molecular complexity index is 373. The van der Waals surface area contributed by atoms with Crippen molar-refractivity contribution in [1.29, 1.82) is 0 Å². The predicted molar refractivity (Wildman–Crippen MR) is 73.4 cm³/mol. The second kappa shape index (κ2) is 6.05. The molecule has 0 aliphatic carbocycles. The Labute approximate surface area is 108 Å². The van der Waals surface area contributed by atoms with Crippen LogP contribution in [-0.2, 0) is 6.54 Å². The summed E-state index contributed by atoms with van der Waals surface area (Å²) in [5, 5.41) is 5.07. The molecule has 0 spiro atoms. The maximum Gasteiger partial charge on any atom is 0.317 e. The van der Waals surface area contributed by atoms with Crippen LogP contribution in [0.1, 0.15) is 31.2 Å². The Balaban J connectivity index is 2.50. The van der Waals surface area contributed by atoms with Crippen molar-refractivity contribution in [3.8, 4) is 0 Å². The molecule has 1 aromatic rings. The normalized spacial score (nSPS) is 12.6. The number of hydrogen-bond donors (Lipinski definition) is 1. The van der Waals surface area contributed by atoms with Crippen LogP contribution in [0.5, 0.6) is 0 Å². The van der Waals surface area contributed by atoms with E-state index in [1.807, 2.05) is 14.0 Å². The van der Waals surface area contributed by atoms with E-state index in [1.54, 1.807) is 16.2 Å². The number of urea groups is 1. The van der Waals surface area contributed by atoms with Crippen LogP contribution in [0.25, 0.3) is 0 Å². The first-order valence-corrected chi connectivity index (χ1v) is 6.84. The Morgan fingerprint density at radius 3 is 2.59 bits per heavy atom. The minimum Gasteiger partial charge on any atom is -0.335 e. The van der Waals surface area contributed by atoms with Crippen molar-refractivity contribution in [2.75, 3.05) is 7.05 Å². The molecule has 0 aliphatic rings. The molecule has 0 saturated carbocycles. The second-order valence-corrected chi connectivity index (χ2v) is 5.87. The molecule has 2 amide bonds. The number of carbonyl (C=O) groups excluding carboxylic acids is 1. The molecule has 0 fully saturated rings. The molecule has 0 radical (unpaired) electrons.